The molecule has 2 heterocycles. The van der Waals surface area contributed by atoms with Crippen molar-refractivity contribution in [1.29, 1.82) is 0 Å². The highest BCUT2D eigenvalue weighted by Crippen LogP contribution is 2.36. The van der Waals surface area contributed by atoms with Gasteiger partial charge in [0.2, 0.25) is 0 Å². The van der Waals surface area contributed by atoms with Crippen LogP contribution in [0.4, 0.5) is 11.6 Å². The number of pyridine rings is 2. The minimum absolute atomic E-state index is 0.492. The smallest absolute Gasteiger partial charge is 0.137 e. The molecule has 0 aromatic carbocycles. The molecule has 3 N–H and O–H groups in total. The van der Waals surface area contributed by atoms with E-state index in [0.29, 0.717) is 11.6 Å². The van der Waals surface area contributed by atoms with E-state index >= 15 is 0 Å². The topological polar surface area (TPSA) is 70.1 Å². The van der Waals surface area contributed by atoms with Crippen molar-refractivity contribution in [2.45, 2.75) is 24.6 Å². The summed E-state index contributed by atoms with van der Waals surface area (Å²) in [6.45, 7) is 0. The highest BCUT2D eigenvalue weighted by molar-refractivity contribution is 9.10. The van der Waals surface area contributed by atoms with E-state index in [2.05, 4.69) is 52.5 Å². The fourth-order valence-electron chi connectivity index (χ4n) is 2.24. The van der Waals surface area contributed by atoms with Gasteiger partial charge >= 0.3 is 0 Å². The predicted octanol–water partition coefficient (Wildman–Crippen LogP) is 3.38. The Hall–Kier alpha value is -1.18. The van der Waals surface area contributed by atoms with Gasteiger partial charge in [0.15, 0.2) is 0 Å². The molecule has 1 aliphatic carbocycles. The molecule has 0 amide bonds. The summed E-state index contributed by atoms with van der Waals surface area (Å²) in [5.41, 5.74) is -0.623. The maximum absolute atomic E-state index is 10.2. The van der Waals surface area contributed by atoms with Gasteiger partial charge in [0.25, 0.3) is 0 Å². The Morgan fingerprint density at radius 1 is 1.00 bits per heavy atom. The zero-order valence-electron chi connectivity index (χ0n) is 11.1. The van der Waals surface area contributed by atoms with Gasteiger partial charge in [0.05, 0.1) is 6.10 Å². The molecule has 3 rings (SSSR count). The second-order valence-electron chi connectivity index (χ2n) is 5.00. The standard InChI is InChI=1S/C14H14Br2N4O/c15-9-1-3-12(17-7-9)19-14(6-5-11(14)21)20-13-4-2-10(16)8-18-13/h1-4,7-8,11,21H,5-6H2,(H,17,19)(H,18,20). The molecule has 21 heavy (non-hydrogen) atoms. The first kappa shape index (κ1) is 14.7. The zero-order valence-corrected chi connectivity index (χ0v) is 14.2. The third-order valence-electron chi connectivity index (χ3n) is 3.54. The summed E-state index contributed by atoms with van der Waals surface area (Å²) in [6.07, 6.45) is 4.49. The van der Waals surface area contributed by atoms with Crippen molar-refractivity contribution in [2.75, 3.05) is 10.6 Å². The lowest BCUT2D eigenvalue weighted by molar-refractivity contribution is 0.0279. The van der Waals surface area contributed by atoms with Gasteiger partial charge < -0.3 is 15.7 Å². The van der Waals surface area contributed by atoms with E-state index in [9.17, 15) is 5.11 Å². The molecule has 5 nitrogen and oxygen atoms in total. The molecule has 1 saturated carbocycles. The number of aromatic nitrogens is 2. The van der Waals surface area contributed by atoms with Gasteiger partial charge in [-0.2, -0.15) is 0 Å². The maximum Gasteiger partial charge on any atom is 0.137 e. The monoisotopic (exact) mass is 412 g/mol. The second-order valence-corrected chi connectivity index (χ2v) is 6.83. The van der Waals surface area contributed by atoms with E-state index in [4.69, 9.17) is 0 Å². The van der Waals surface area contributed by atoms with Gasteiger partial charge in [-0.3, -0.25) is 0 Å². The van der Waals surface area contributed by atoms with Crippen molar-refractivity contribution in [2.24, 2.45) is 0 Å². The van der Waals surface area contributed by atoms with Crippen molar-refractivity contribution in [3.63, 3.8) is 0 Å². The second kappa shape index (κ2) is 5.90. The summed E-state index contributed by atoms with van der Waals surface area (Å²) in [5.74, 6) is 1.42. The minimum atomic E-state index is -0.623. The molecule has 1 atom stereocenters. The van der Waals surface area contributed by atoms with E-state index in [1.807, 2.05) is 24.3 Å². The first-order valence-electron chi connectivity index (χ1n) is 6.55. The van der Waals surface area contributed by atoms with Crippen LogP contribution in [0.2, 0.25) is 0 Å². The Kier molecular flexibility index (Phi) is 4.14. The molecule has 0 aliphatic heterocycles. The highest BCUT2D eigenvalue weighted by Gasteiger charge is 2.46. The van der Waals surface area contributed by atoms with E-state index in [0.717, 1.165) is 21.8 Å². The molecule has 0 spiro atoms. The Bertz CT molecular complexity index is 570. The van der Waals surface area contributed by atoms with E-state index in [1.54, 1.807) is 12.4 Å². The number of aliphatic hydroxyl groups excluding tert-OH is 1. The van der Waals surface area contributed by atoms with E-state index in [-0.39, 0.29) is 0 Å². The van der Waals surface area contributed by atoms with Gasteiger partial charge in [-0.15, -0.1) is 0 Å². The summed E-state index contributed by atoms with van der Waals surface area (Å²) in [5, 5.41) is 16.8. The lowest BCUT2D eigenvalue weighted by Gasteiger charge is -2.48. The van der Waals surface area contributed by atoms with Crippen molar-refractivity contribution in [1.82, 2.24) is 9.97 Å². The molecular formula is C14H14Br2N4O. The zero-order chi connectivity index (χ0) is 14.9. The SMILES string of the molecule is OC1CCC1(Nc1ccc(Br)cn1)Nc1ccc(Br)cn1. The summed E-state index contributed by atoms with van der Waals surface area (Å²) in [4.78, 5) is 8.60. The van der Waals surface area contributed by atoms with Crippen LogP contribution in [0.15, 0.2) is 45.6 Å². The quantitative estimate of drug-likeness (QED) is 0.670. The van der Waals surface area contributed by atoms with Gasteiger partial charge in [0, 0.05) is 21.3 Å². The van der Waals surface area contributed by atoms with Crippen molar-refractivity contribution < 1.29 is 5.11 Å². The number of hydrogen-bond donors (Lipinski definition) is 3. The lowest BCUT2D eigenvalue weighted by Crippen LogP contribution is -2.63. The number of rotatable bonds is 4. The molecule has 1 fully saturated rings. The average Bonchev–Trinajstić information content (AvgIpc) is 2.49. The predicted molar refractivity (Wildman–Crippen MR) is 89.1 cm³/mol. The first-order valence-corrected chi connectivity index (χ1v) is 8.13. The van der Waals surface area contributed by atoms with Crippen molar-refractivity contribution >= 4 is 43.5 Å². The van der Waals surface area contributed by atoms with Gasteiger partial charge in [0.1, 0.15) is 17.3 Å². The Morgan fingerprint density at radius 2 is 1.52 bits per heavy atom. The molecule has 110 valence electrons. The van der Waals surface area contributed by atoms with Crippen LogP contribution in [-0.4, -0.2) is 26.8 Å². The highest BCUT2D eigenvalue weighted by atomic mass is 79.9. The average molecular weight is 414 g/mol. The Morgan fingerprint density at radius 3 is 1.81 bits per heavy atom. The Balaban J connectivity index is 1.79. The summed E-state index contributed by atoms with van der Waals surface area (Å²) in [7, 11) is 0. The van der Waals surface area contributed by atoms with Crippen LogP contribution >= 0.6 is 31.9 Å². The maximum atomic E-state index is 10.2. The first-order chi connectivity index (χ1) is 10.1. The fraction of sp³-hybridized carbons (Fsp3) is 0.286. The molecule has 2 aromatic rings. The largest absolute Gasteiger partial charge is 0.389 e. The molecule has 1 aliphatic rings. The van der Waals surface area contributed by atoms with Crippen LogP contribution in [0.5, 0.6) is 0 Å². The van der Waals surface area contributed by atoms with Gasteiger partial charge in [-0.1, -0.05) is 0 Å². The fourth-order valence-corrected chi connectivity index (χ4v) is 2.71. The number of nitrogens with zero attached hydrogens (tertiary/aromatic N) is 2. The number of anilines is 2. The summed E-state index contributed by atoms with van der Waals surface area (Å²) >= 11 is 6.72. The van der Waals surface area contributed by atoms with Gasteiger partial charge in [-0.05, 0) is 69.0 Å². The van der Waals surface area contributed by atoms with Crippen LogP contribution in [0.1, 0.15) is 12.8 Å². The third-order valence-corrected chi connectivity index (χ3v) is 4.48. The van der Waals surface area contributed by atoms with E-state index in [1.165, 1.54) is 0 Å². The lowest BCUT2D eigenvalue weighted by atomic mass is 9.81. The molecule has 0 bridgehead atoms. The molecule has 0 saturated heterocycles. The number of hydrogen-bond acceptors (Lipinski definition) is 5. The van der Waals surface area contributed by atoms with Crippen molar-refractivity contribution in [3.8, 4) is 0 Å². The van der Waals surface area contributed by atoms with Gasteiger partial charge in [-0.25, -0.2) is 9.97 Å². The molecular weight excluding hydrogens is 400 g/mol. The van der Waals surface area contributed by atoms with Crippen LogP contribution in [0.25, 0.3) is 0 Å². The summed E-state index contributed by atoms with van der Waals surface area (Å²) < 4.78 is 1.83. The molecule has 7 heteroatoms. The third kappa shape index (κ3) is 3.20. The number of nitrogens with one attached hydrogen (secondary N) is 2. The number of aliphatic hydroxyl groups is 1. The molecule has 1 unspecified atom stereocenters. The van der Waals surface area contributed by atoms with Crippen LogP contribution in [0.3, 0.4) is 0 Å². The molecule has 2 aromatic heterocycles. The number of halogens is 2. The molecule has 0 radical (unpaired) electrons. The minimum Gasteiger partial charge on any atom is -0.389 e. The van der Waals surface area contributed by atoms with Crippen LogP contribution in [-0.2, 0) is 0 Å². The Labute approximate surface area is 139 Å². The van der Waals surface area contributed by atoms with Crippen molar-refractivity contribution in [3.05, 3.63) is 45.6 Å². The van der Waals surface area contributed by atoms with Crippen LogP contribution in [0, 0.1) is 0 Å². The summed E-state index contributed by atoms with van der Waals surface area (Å²) in [6, 6.07) is 7.55. The van der Waals surface area contributed by atoms with Crippen LogP contribution < -0.4 is 10.6 Å². The van der Waals surface area contributed by atoms with E-state index < -0.39 is 11.8 Å². The normalized spacial score (nSPS) is 19.7.